The second-order valence-electron chi connectivity index (χ2n) is 2.65. The smallest absolute Gasteiger partial charge is 0.251 e. The van der Waals surface area contributed by atoms with Crippen molar-refractivity contribution in [2.75, 3.05) is 14.2 Å². The minimum atomic E-state index is -0.300. The first-order valence-corrected chi connectivity index (χ1v) is 4.08. The zero-order chi connectivity index (χ0) is 10.6. The molecular weight excluding hydrogens is 182 g/mol. The van der Waals surface area contributed by atoms with Gasteiger partial charge in [-0.15, -0.1) is 0 Å². The average Bonchev–Trinajstić information content (AvgIpc) is 2.27. The van der Waals surface area contributed by atoms with Gasteiger partial charge in [-0.1, -0.05) is 0 Å². The molecule has 4 heteroatoms. The van der Waals surface area contributed by atoms with E-state index in [9.17, 15) is 9.59 Å². The summed E-state index contributed by atoms with van der Waals surface area (Å²) < 4.78 is 4.95. The van der Waals surface area contributed by atoms with E-state index in [-0.39, 0.29) is 5.91 Å². The van der Waals surface area contributed by atoms with Crippen molar-refractivity contribution < 1.29 is 14.3 Å². The van der Waals surface area contributed by atoms with Crippen LogP contribution in [0.15, 0.2) is 18.2 Å². The lowest BCUT2D eigenvalue weighted by molar-refractivity contribution is 0.0957. The second kappa shape index (κ2) is 4.41. The zero-order valence-corrected chi connectivity index (χ0v) is 8.03. The van der Waals surface area contributed by atoms with Gasteiger partial charge < -0.3 is 10.1 Å². The molecule has 14 heavy (non-hydrogen) atoms. The summed E-state index contributed by atoms with van der Waals surface area (Å²) >= 11 is 0. The molecule has 1 N–H and O–H groups in total. The molecule has 1 aromatic carbocycles. The van der Waals surface area contributed by atoms with E-state index in [0.29, 0.717) is 23.2 Å². The molecular formula is C10H11NO3. The van der Waals surface area contributed by atoms with Crippen molar-refractivity contribution in [3.8, 4) is 5.75 Å². The number of hydrogen-bond donors (Lipinski definition) is 1. The fraction of sp³-hybridized carbons (Fsp3) is 0.200. The van der Waals surface area contributed by atoms with Gasteiger partial charge >= 0.3 is 0 Å². The largest absolute Gasteiger partial charge is 0.497 e. The van der Waals surface area contributed by atoms with Gasteiger partial charge in [0.15, 0.2) is 6.29 Å². The number of ether oxygens (including phenoxy) is 1. The molecule has 0 aromatic heterocycles. The molecule has 0 atom stereocenters. The molecule has 0 saturated heterocycles. The van der Waals surface area contributed by atoms with E-state index in [1.54, 1.807) is 12.1 Å². The lowest BCUT2D eigenvalue weighted by atomic mass is 10.1. The summed E-state index contributed by atoms with van der Waals surface area (Å²) in [7, 11) is 3.01. The summed E-state index contributed by atoms with van der Waals surface area (Å²) in [6, 6.07) is 4.72. The van der Waals surface area contributed by atoms with Crippen LogP contribution in [0.4, 0.5) is 0 Å². The Labute approximate surface area is 81.9 Å². The fourth-order valence-electron chi connectivity index (χ4n) is 1.10. The number of aldehydes is 1. The van der Waals surface area contributed by atoms with E-state index in [2.05, 4.69) is 5.32 Å². The number of methoxy groups -OCH3 is 1. The highest BCUT2D eigenvalue weighted by molar-refractivity contribution is 6.01. The standard InChI is InChI=1S/C10H11NO3/c1-11-10(13)9-5-8(14-2)4-3-7(9)6-12/h3-6H,1-2H3,(H,11,13). The number of carbonyl (C=O) groups is 2. The Kier molecular flexibility index (Phi) is 3.23. The Morgan fingerprint density at radius 1 is 1.50 bits per heavy atom. The number of amides is 1. The topological polar surface area (TPSA) is 55.4 Å². The van der Waals surface area contributed by atoms with Crippen LogP contribution in [0, 0.1) is 0 Å². The number of benzene rings is 1. The van der Waals surface area contributed by atoms with Crippen molar-refractivity contribution in [2.24, 2.45) is 0 Å². The first kappa shape index (κ1) is 10.2. The highest BCUT2D eigenvalue weighted by atomic mass is 16.5. The van der Waals surface area contributed by atoms with E-state index in [0.717, 1.165) is 0 Å². The van der Waals surface area contributed by atoms with Crippen LogP contribution in [0.25, 0.3) is 0 Å². The van der Waals surface area contributed by atoms with Gasteiger partial charge in [-0.25, -0.2) is 0 Å². The van der Waals surface area contributed by atoms with Gasteiger partial charge in [0.2, 0.25) is 0 Å². The molecule has 0 unspecified atom stereocenters. The summed E-state index contributed by atoms with van der Waals surface area (Å²) in [6.07, 6.45) is 0.643. The van der Waals surface area contributed by atoms with Crippen molar-refractivity contribution in [3.63, 3.8) is 0 Å². The van der Waals surface area contributed by atoms with E-state index in [4.69, 9.17) is 4.74 Å². The van der Waals surface area contributed by atoms with E-state index >= 15 is 0 Å². The molecule has 1 rings (SSSR count). The van der Waals surface area contributed by atoms with Gasteiger partial charge in [-0.2, -0.15) is 0 Å². The molecule has 0 saturated carbocycles. The maximum Gasteiger partial charge on any atom is 0.251 e. The van der Waals surface area contributed by atoms with Crippen LogP contribution in [0.2, 0.25) is 0 Å². The van der Waals surface area contributed by atoms with Crippen molar-refractivity contribution >= 4 is 12.2 Å². The third-order valence-electron chi connectivity index (χ3n) is 1.86. The normalized spacial score (nSPS) is 9.29. The molecule has 0 spiro atoms. The van der Waals surface area contributed by atoms with Crippen LogP contribution < -0.4 is 10.1 Å². The van der Waals surface area contributed by atoms with Crippen molar-refractivity contribution in [3.05, 3.63) is 29.3 Å². The van der Waals surface area contributed by atoms with Crippen molar-refractivity contribution in [1.29, 1.82) is 0 Å². The highest BCUT2D eigenvalue weighted by Crippen LogP contribution is 2.16. The van der Waals surface area contributed by atoms with Gasteiger partial charge in [0.05, 0.1) is 12.7 Å². The summed E-state index contributed by atoms with van der Waals surface area (Å²) in [4.78, 5) is 22.0. The molecule has 74 valence electrons. The number of hydrogen-bond acceptors (Lipinski definition) is 3. The Balaban J connectivity index is 3.21. The fourth-order valence-corrected chi connectivity index (χ4v) is 1.10. The minimum absolute atomic E-state index is 0.300. The summed E-state index contributed by atoms with van der Waals surface area (Å²) in [5, 5.41) is 2.45. The van der Waals surface area contributed by atoms with Gasteiger partial charge in [0.1, 0.15) is 5.75 Å². The zero-order valence-electron chi connectivity index (χ0n) is 8.03. The molecule has 0 heterocycles. The number of carbonyl (C=O) groups excluding carboxylic acids is 2. The average molecular weight is 193 g/mol. The maximum atomic E-state index is 11.3. The van der Waals surface area contributed by atoms with Crippen LogP contribution in [0.3, 0.4) is 0 Å². The molecule has 0 aliphatic heterocycles. The molecule has 0 radical (unpaired) electrons. The van der Waals surface area contributed by atoms with E-state index in [1.807, 2.05) is 0 Å². The van der Waals surface area contributed by atoms with Gasteiger partial charge in [0, 0.05) is 12.6 Å². The summed E-state index contributed by atoms with van der Waals surface area (Å²) in [6.45, 7) is 0. The molecule has 0 bridgehead atoms. The molecule has 0 aliphatic rings. The highest BCUT2D eigenvalue weighted by Gasteiger charge is 2.10. The van der Waals surface area contributed by atoms with Gasteiger partial charge in [-0.3, -0.25) is 9.59 Å². The first-order chi connectivity index (χ1) is 6.72. The lowest BCUT2D eigenvalue weighted by Crippen LogP contribution is -2.19. The number of nitrogens with one attached hydrogen (secondary N) is 1. The quantitative estimate of drug-likeness (QED) is 0.724. The third-order valence-corrected chi connectivity index (χ3v) is 1.86. The Hall–Kier alpha value is -1.84. The molecule has 0 aliphatic carbocycles. The van der Waals surface area contributed by atoms with Gasteiger partial charge in [0.25, 0.3) is 5.91 Å². The monoisotopic (exact) mass is 193 g/mol. The van der Waals surface area contributed by atoms with Crippen molar-refractivity contribution in [1.82, 2.24) is 5.32 Å². The van der Waals surface area contributed by atoms with Crippen LogP contribution >= 0.6 is 0 Å². The SMILES string of the molecule is CNC(=O)c1cc(OC)ccc1C=O. The molecule has 4 nitrogen and oxygen atoms in total. The lowest BCUT2D eigenvalue weighted by Gasteiger charge is -2.05. The second-order valence-corrected chi connectivity index (χ2v) is 2.65. The molecule has 1 amide bonds. The summed E-state index contributed by atoms with van der Waals surface area (Å²) in [5.74, 6) is 0.250. The Morgan fingerprint density at radius 3 is 2.71 bits per heavy atom. The van der Waals surface area contributed by atoms with Crippen LogP contribution in [-0.4, -0.2) is 26.4 Å². The van der Waals surface area contributed by atoms with Crippen LogP contribution in [0.5, 0.6) is 5.75 Å². The first-order valence-electron chi connectivity index (χ1n) is 4.08. The maximum absolute atomic E-state index is 11.3. The Bertz CT molecular complexity index is 360. The van der Waals surface area contributed by atoms with Gasteiger partial charge in [-0.05, 0) is 18.2 Å². The summed E-state index contributed by atoms with van der Waals surface area (Å²) in [5.41, 5.74) is 0.673. The minimum Gasteiger partial charge on any atom is -0.497 e. The van der Waals surface area contributed by atoms with E-state index < -0.39 is 0 Å². The molecule has 0 fully saturated rings. The third kappa shape index (κ3) is 1.90. The number of rotatable bonds is 3. The van der Waals surface area contributed by atoms with Crippen LogP contribution in [-0.2, 0) is 0 Å². The molecule has 1 aromatic rings. The predicted molar refractivity (Wildman–Crippen MR) is 51.8 cm³/mol. The van der Waals surface area contributed by atoms with Crippen LogP contribution in [0.1, 0.15) is 20.7 Å². The predicted octanol–water partition coefficient (Wildman–Crippen LogP) is 0.867. The van der Waals surface area contributed by atoms with Crippen molar-refractivity contribution in [2.45, 2.75) is 0 Å². The van der Waals surface area contributed by atoms with E-state index in [1.165, 1.54) is 20.2 Å². The Morgan fingerprint density at radius 2 is 2.21 bits per heavy atom.